The summed E-state index contributed by atoms with van der Waals surface area (Å²) in [4.78, 5) is 0. The molecule has 2 N–H and O–H groups in total. The molecule has 1 aromatic carbocycles. The number of halogens is 3. The normalized spacial score (nSPS) is 12.7. The van der Waals surface area contributed by atoms with Crippen LogP contribution >= 0.6 is 15.9 Å². The highest BCUT2D eigenvalue weighted by atomic mass is 79.9. The summed E-state index contributed by atoms with van der Waals surface area (Å²) in [6, 6.07) is 2.40. The topological polar surface area (TPSA) is 43.8 Å². The van der Waals surface area contributed by atoms with E-state index in [2.05, 4.69) is 21.0 Å². The van der Waals surface area contributed by atoms with E-state index in [1.54, 1.807) is 12.4 Å². The lowest BCUT2D eigenvalue weighted by Gasteiger charge is -2.06. The van der Waals surface area contributed by atoms with Crippen molar-refractivity contribution in [3.05, 3.63) is 51.8 Å². The number of nitrogens with two attached hydrogens (primary N) is 1. The van der Waals surface area contributed by atoms with Crippen molar-refractivity contribution < 1.29 is 8.78 Å². The quantitative estimate of drug-likeness (QED) is 0.885. The van der Waals surface area contributed by atoms with E-state index in [0.29, 0.717) is 0 Å². The minimum atomic E-state index is -0.604. The Kier molecular flexibility index (Phi) is 3.77. The average molecular weight is 316 g/mol. The van der Waals surface area contributed by atoms with Gasteiger partial charge in [-0.15, -0.1) is 0 Å². The Morgan fingerprint density at radius 2 is 2.17 bits per heavy atom. The monoisotopic (exact) mass is 315 g/mol. The van der Waals surface area contributed by atoms with Crippen LogP contribution in [0.25, 0.3) is 0 Å². The fourth-order valence-electron chi connectivity index (χ4n) is 1.58. The number of hydrogen-bond acceptors (Lipinski definition) is 2. The van der Waals surface area contributed by atoms with Crippen LogP contribution in [-0.4, -0.2) is 9.78 Å². The molecule has 2 rings (SSSR count). The largest absolute Gasteiger partial charge is 0.324 e. The maximum Gasteiger partial charge on any atom is 0.145 e. The molecule has 0 aliphatic heterocycles. The predicted octanol–water partition coefficient (Wildman–Crippen LogP) is 2.99. The van der Waals surface area contributed by atoms with Crippen molar-refractivity contribution in [1.82, 2.24) is 9.78 Å². The molecule has 0 saturated carbocycles. The van der Waals surface area contributed by atoms with E-state index in [1.807, 2.05) is 6.92 Å². The van der Waals surface area contributed by atoms with Crippen LogP contribution in [0.15, 0.2) is 29.0 Å². The summed E-state index contributed by atoms with van der Waals surface area (Å²) in [5.41, 5.74) is 6.50. The van der Waals surface area contributed by atoms with Gasteiger partial charge in [0.15, 0.2) is 0 Å². The smallest absolute Gasteiger partial charge is 0.145 e. The molecule has 0 saturated heterocycles. The highest BCUT2D eigenvalue weighted by Gasteiger charge is 2.13. The van der Waals surface area contributed by atoms with Crippen molar-refractivity contribution in [2.24, 2.45) is 5.73 Å². The molecule has 0 radical (unpaired) electrons. The third-order valence-electron chi connectivity index (χ3n) is 2.64. The van der Waals surface area contributed by atoms with E-state index >= 15 is 0 Å². The molecule has 0 amide bonds. The zero-order valence-electron chi connectivity index (χ0n) is 9.70. The third kappa shape index (κ3) is 2.59. The molecule has 1 unspecified atom stereocenters. The minimum absolute atomic E-state index is 0.0244. The molecule has 0 bridgehead atoms. The molecule has 2 aromatic rings. The Morgan fingerprint density at radius 3 is 2.78 bits per heavy atom. The first-order valence-corrected chi connectivity index (χ1v) is 6.18. The Hall–Kier alpha value is -1.27. The Morgan fingerprint density at radius 1 is 1.44 bits per heavy atom. The molecule has 18 heavy (non-hydrogen) atoms. The minimum Gasteiger partial charge on any atom is -0.324 e. The van der Waals surface area contributed by atoms with Crippen LogP contribution in [0.3, 0.4) is 0 Å². The second kappa shape index (κ2) is 5.16. The Bertz CT molecular complexity index is 566. The van der Waals surface area contributed by atoms with E-state index in [0.717, 1.165) is 5.56 Å². The maximum atomic E-state index is 13.8. The molecule has 3 nitrogen and oxygen atoms in total. The second-order valence-corrected chi connectivity index (χ2v) is 4.94. The molecule has 0 aliphatic rings. The van der Waals surface area contributed by atoms with Crippen LogP contribution in [0.2, 0.25) is 0 Å². The van der Waals surface area contributed by atoms with Gasteiger partial charge in [0, 0.05) is 23.4 Å². The van der Waals surface area contributed by atoms with Crippen molar-refractivity contribution >= 4 is 15.9 Å². The summed E-state index contributed by atoms with van der Waals surface area (Å²) in [5, 5.41) is 4.03. The van der Waals surface area contributed by atoms with Gasteiger partial charge in [0.2, 0.25) is 0 Å². The summed E-state index contributed by atoms with van der Waals surface area (Å²) >= 11 is 3.03. The first kappa shape index (κ1) is 13.2. The van der Waals surface area contributed by atoms with Crippen molar-refractivity contribution in [3.63, 3.8) is 0 Å². The fourth-order valence-corrected chi connectivity index (χ4v) is 1.95. The third-order valence-corrected chi connectivity index (χ3v) is 3.25. The zero-order chi connectivity index (χ0) is 13.3. The first-order chi connectivity index (χ1) is 8.49. The van der Waals surface area contributed by atoms with Crippen LogP contribution in [-0.2, 0) is 6.54 Å². The number of hydrogen-bond donors (Lipinski definition) is 1. The van der Waals surface area contributed by atoms with Gasteiger partial charge in [0.1, 0.15) is 11.6 Å². The highest BCUT2D eigenvalue weighted by molar-refractivity contribution is 9.10. The second-order valence-electron chi connectivity index (χ2n) is 4.08. The Balaban J connectivity index is 2.31. The summed E-state index contributed by atoms with van der Waals surface area (Å²) < 4.78 is 29.0. The number of benzene rings is 1. The zero-order valence-corrected chi connectivity index (χ0v) is 11.3. The molecule has 6 heteroatoms. The number of nitrogens with zero attached hydrogens (tertiary/aromatic N) is 2. The summed E-state index contributed by atoms with van der Waals surface area (Å²) in [6.07, 6.45) is 3.28. The van der Waals surface area contributed by atoms with Gasteiger partial charge in [0.05, 0.1) is 17.2 Å². The van der Waals surface area contributed by atoms with Crippen LogP contribution in [0.1, 0.15) is 24.1 Å². The molecule has 1 atom stereocenters. The molecule has 0 fully saturated rings. The molecular weight excluding hydrogens is 304 g/mol. The van der Waals surface area contributed by atoms with Crippen LogP contribution in [0.4, 0.5) is 8.78 Å². The van der Waals surface area contributed by atoms with Gasteiger partial charge in [-0.3, -0.25) is 4.68 Å². The lowest BCUT2D eigenvalue weighted by molar-refractivity contribution is 0.529. The van der Waals surface area contributed by atoms with E-state index < -0.39 is 11.6 Å². The van der Waals surface area contributed by atoms with Gasteiger partial charge in [-0.2, -0.15) is 5.10 Å². The lowest BCUT2D eigenvalue weighted by atomic mass is 10.2. The SMILES string of the molecule is CC(N)c1cnn(Cc2c(F)ccc(Br)c2F)c1. The maximum absolute atomic E-state index is 13.8. The van der Waals surface area contributed by atoms with Crippen molar-refractivity contribution in [2.45, 2.75) is 19.5 Å². The number of aromatic nitrogens is 2. The van der Waals surface area contributed by atoms with Crippen molar-refractivity contribution in [3.8, 4) is 0 Å². The molecule has 0 spiro atoms. The van der Waals surface area contributed by atoms with Gasteiger partial charge in [0.25, 0.3) is 0 Å². The summed E-state index contributed by atoms with van der Waals surface area (Å²) in [5.74, 6) is -1.19. The fraction of sp³-hybridized carbons (Fsp3) is 0.250. The lowest BCUT2D eigenvalue weighted by Crippen LogP contribution is -2.06. The predicted molar refractivity (Wildman–Crippen MR) is 68.0 cm³/mol. The summed E-state index contributed by atoms with van der Waals surface area (Å²) in [7, 11) is 0. The van der Waals surface area contributed by atoms with E-state index in [1.165, 1.54) is 16.8 Å². The van der Waals surface area contributed by atoms with Crippen molar-refractivity contribution in [2.75, 3.05) is 0 Å². The first-order valence-electron chi connectivity index (χ1n) is 5.39. The van der Waals surface area contributed by atoms with Gasteiger partial charge >= 0.3 is 0 Å². The van der Waals surface area contributed by atoms with Crippen molar-refractivity contribution in [1.29, 1.82) is 0 Å². The Labute approximate surface area is 112 Å². The van der Waals surface area contributed by atoms with Crippen LogP contribution in [0.5, 0.6) is 0 Å². The molecular formula is C12H12BrF2N3. The molecule has 1 heterocycles. The average Bonchev–Trinajstić information content (AvgIpc) is 2.78. The highest BCUT2D eigenvalue weighted by Crippen LogP contribution is 2.22. The van der Waals surface area contributed by atoms with Gasteiger partial charge in [-0.1, -0.05) is 0 Å². The van der Waals surface area contributed by atoms with Crippen LogP contribution < -0.4 is 5.73 Å². The van der Waals surface area contributed by atoms with Gasteiger partial charge in [-0.25, -0.2) is 8.78 Å². The molecule has 96 valence electrons. The van der Waals surface area contributed by atoms with Crippen LogP contribution in [0, 0.1) is 11.6 Å². The number of rotatable bonds is 3. The van der Waals surface area contributed by atoms with E-state index in [-0.39, 0.29) is 22.6 Å². The summed E-state index contributed by atoms with van der Waals surface area (Å²) in [6.45, 7) is 1.85. The van der Waals surface area contributed by atoms with Gasteiger partial charge < -0.3 is 5.73 Å². The van der Waals surface area contributed by atoms with E-state index in [9.17, 15) is 8.78 Å². The van der Waals surface area contributed by atoms with E-state index in [4.69, 9.17) is 5.73 Å². The molecule has 0 aliphatic carbocycles. The molecule has 1 aromatic heterocycles. The van der Waals surface area contributed by atoms with Gasteiger partial charge in [-0.05, 0) is 35.0 Å². The standard InChI is InChI=1S/C12H12BrF2N3/c1-7(16)8-4-17-18(5-8)6-9-11(14)3-2-10(13)12(9)15/h2-5,7H,6,16H2,1H3.